The van der Waals surface area contributed by atoms with Crippen LogP contribution in [0.2, 0.25) is 5.15 Å². The number of fused-ring (bicyclic) bond motifs is 1. The third kappa shape index (κ3) is 2.33. The number of pyridine rings is 1. The first-order chi connectivity index (χ1) is 7.81. The van der Waals surface area contributed by atoms with Crippen LogP contribution in [0.1, 0.15) is 5.56 Å². The summed E-state index contributed by atoms with van der Waals surface area (Å²) in [6.45, 7) is 0.642. The monoisotopic (exact) mass is 230 g/mol. The summed E-state index contributed by atoms with van der Waals surface area (Å²) in [6.07, 6.45) is 0. The minimum Gasteiger partial charge on any atom is -0.309 e. The number of hydrogen-bond acceptors (Lipinski definition) is 2. The summed E-state index contributed by atoms with van der Waals surface area (Å²) in [5, 5.41) is 4.47. The van der Waals surface area contributed by atoms with Crippen LogP contribution in [0.5, 0.6) is 0 Å². The van der Waals surface area contributed by atoms with Crippen molar-refractivity contribution in [2.24, 2.45) is 0 Å². The molecule has 0 aliphatic heterocycles. The van der Waals surface area contributed by atoms with Gasteiger partial charge in [-0.2, -0.15) is 0 Å². The largest absolute Gasteiger partial charge is 0.309 e. The summed E-state index contributed by atoms with van der Waals surface area (Å²) >= 11 is 6.05. The molecule has 1 N–H and O–H groups in total. The lowest BCUT2D eigenvalue weighted by Crippen LogP contribution is -2.04. The maximum atomic E-state index is 6.05. The Hall–Kier alpha value is -1.56. The van der Waals surface area contributed by atoms with Crippen LogP contribution in [0.15, 0.2) is 30.3 Å². The van der Waals surface area contributed by atoms with Crippen LogP contribution in [0.25, 0.3) is 10.9 Å². The second-order valence-electron chi connectivity index (χ2n) is 3.35. The normalized spacial score (nSPS) is 9.88. The quantitative estimate of drug-likeness (QED) is 0.601. The molecule has 0 saturated heterocycles. The highest BCUT2D eigenvalue weighted by atomic mass is 35.5. The maximum absolute atomic E-state index is 6.05. The van der Waals surface area contributed by atoms with Gasteiger partial charge in [-0.1, -0.05) is 41.6 Å². The molecule has 0 aliphatic carbocycles. The van der Waals surface area contributed by atoms with Gasteiger partial charge in [0.2, 0.25) is 0 Å². The first-order valence-corrected chi connectivity index (χ1v) is 5.38. The topological polar surface area (TPSA) is 24.9 Å². The zero-order valence-corrected chi connectivity index (χ0v) is 9.67. The van der Waals surface area contributed by atoms with Crippen molar-refractivity contribution in [1.82, 2.24) is 10.3 Å². The smallest absolute Gasteiger partial charge is 0.145 e. The van der Waals surface area contributed by atoms with Gasteiger partial charge >= 0.3 is 0 Å². The van der Waals surface area contributed by atoms with Crippen molar-refractivity contribution in [1.29, 1.82) is 0 Å². The molecule has 0 bridgehead atoms. The standard InChI is InChI=1S/C13H11ClN2/c1-15-8-4-6-11-9-10-5-2-3-7-12(10)16-13(11)14/h2-3,5,7,9,15H,8H2,1H3. The molecule has 0 saturated carbocycles. The number of para-hydroxylation sites is 1. The Kier molecular flexibility index (Phi) is 3.40. The molecule has 1 aromatic heterocycles. The number of aromatic nitrogens is 1. The Morgan fingerprint density at radius 1 is 1.38 bits per heavy atom. The first-order valence-electron chi connectivity index (χ1n) is 5.00. The van der Waals surface area contributed by atoms with E-state index in [-0.39, 0.29) is 0 Å². The average Bonchev–Trinajstić information content (AvgIpc) is 2.30. The molecule has 1 aromatic carbocycles. The fourth-order valence-corrected chi connectivity index (χ4v) is 1.60. The van der Waals surface area contributed by atoms with Crippen molar-refractivity contribution in [3.63, 3.8) is 0 Å². The summed E-state index contributed by atoms with van der Waals surface area (Å²) in [7, 11) is 1.86. The molecule has 16 heavy (non-hydrogen) atoms. The van der Waals surface area contributed by atoms with Crippen molar-refractivity contribution in [2.75, 3.05) is 13.6 Å². The van der Waals surface area contributed by atoms with Gasteiger partial charge in [-0.3, -0.25) is 0 Å². The Labute approximate surface area is 99.6 Å². The molecule has 0 fully saturated rings. The fraction of sp³-hybridized carbons (Fsp3) is 0.154. The van der Waals surface area contributed by atoms with Gasteiger partial charge in [-0.05, 0) is 19.2 Å². The first kappa shape index (κ1) is 10.9. The molecule has 0 spiro atoms. The molecule has 2 rings (SSSR count). The Balaban J connectivity index is 2.47. The summed E-state index contributed by atoms with van der Waals surface area (Å²) in [4.78, 5) is 4.30. The lowest BCUT2D eigenvalue weighted by molar-refractivity contribution is 0.938. The minimum absolute atomic E-state index is 0.460. The van der Waals surface area contributed by atoms with Crippen molar-refractivity contribution < 1.29 is 0 Å². The second kappa shape index (κ2) is 4.98. The summed E-state index contributed by atoms with van der Waals surface area (Å²) < 4.78 is 0. The molecule has 3 heteroatoms. The van der Waals surface area contributed by atoms with Crippen LogP contribution >= 0.6 is 11.6 Å². The highest BCUT2D eigenvalue weighted by Gasteiger charge is 2.01. The lowest BCUT2D eigenvalue weighted by atomic mass is 10.1. The predicted molar refractivity (Wildman–Crippen MR) is 67.6 cm³/mol. The maximum Gasteiger partial charge on any atom is 0.145 e. The van der Waals surface area contributed by atoms with E-state index in [1.54, 1.807) is 0 Å². The van der Waals surface area contributed by atoms with E-state index >= 15 is 0 Å². The second-order valence-corrected chi connectivity index (χ2v) is 3.71. The Morgan fingerprint density at radius 2 is 2.19 bits per heavy atom. The van der Waals surface area contributed by atoms with E-state index in [1.165, 1.54) is 0 Å². The minimum atomic E-state index is 0.460. The van der Waals surface area contributed by atoms with E-state index in [0.29, 0.717) is 11.7 Å². The van der Waals surface area contributed by atoms with E-state index in [2.05, 4.69) is 22.1 Å². The van der Waals surface area contributed by atoms with Crippen molar-refractivity contribution >= 4 is 22.5 Å². The SMILES string of the molecule is CNCC#Cc1cc2ccccc2nc1Cl. The van der Waals surface area contributed by atoms with Crippen molar-refractivity contribution in [3.05, 3.63) is 41.0 Å². The summed E-state index contributed by atoms with van der Waals surface area (Å²) in [6, 6.07) is 9.82. The summed E-state index contributed by atoms with van der Waals surface area (Å²) in [5.41, 5.74) is 1.67. The molecule has 0 atom stereocenters. The van der Waals surface area contributed by atoms with Crippen LogP contribution < -0.4 is 5.32 Å². The number of nitrogens with one attached hydrogen (secondary N) is 1. The van der Waals surface area contributed by atoms with Crippen LogP contribution in [0, 0.1) is 11.8 Å². The van der Waals surface area contributed by atoms with Gasteiger partial charge in [0.1, 0.15) is 5.15 Å². The molecule has 1 heterocycles. The van der Waals surface area contributed by atoms with Gasteiger partial charge in [0.05, 0.1) is 17.6 Å². The molecule has 2 nitrogen and oxygen atoms in total. The third-order valence-electron chi connectivity index (χ3n) is 2.17. The van der Waals surface area contributed by atoms with E-state index in [9.17, 15) is 0 Å². The van der Waals surface area contributed by atoms with Crippen LogP contribution in [0.3, 0.4) is 0 Å². The van der Waals surface area contributed by atoms with E-state index in [0.717, 1.165) is 16.5 Å². The Morgan fingerprint density at radius 3 is 3.00 bits per heavy atom. The highest BCUT2D eigenvalue weighted by Crippen LogP contribution is 2.19. The van der Waals surface area contributed by atoms with E-state index in [1.807, 2.05) is 37.4 Å². The highest BCUT2D eigenvalue weighted by molar-refractivity contribution is 6.31. The van der Waals surface area contributed by atoms with Crippen LogP contribution in [-0.4, -0.2) is 18.6 Å². The molecular weight excluding hydrogens is 220 g/mol. The fourth-order valence-electron chi connectivity index (χ4n) is 1.41. The van der Waals surface area contributed by atoms with Crippen LogP contribution in [-0.2, 0) is 0 Å². The third-order valence-corrected chi connectivity index (χ3v) is 2.45. The Bertz CT molecular complexity index is 567. The van der Waals surface area contributed by atoms with Crippen molar-refractivity contribution in [2.45, 2.75) is 0 Å². The van der Waals surface area contributed by atoms with Gasteiger partial charge in [0, 0.05) is 5.39 Å². The number of hydrogen-bond donors (Lipinski definition) is 1. The molecule has 0 aliphatic rings. The van der Waals surface area contributed by atoms with E-state index < -0.39 is 0 Å². The number of rotatable bonds is 1. The van der Waals surface area contributed by atoms with Crippen molar-refractivity contribution in [3.8, 4) is 11.8 Å². The zero-order valence-electron chi connectivity index (χ0n) is 8.92. The van der Waals surface area contributed by atoms with Gasteiger partial charge in [0.15, 0.2) is 0 Å². The molecular formula is C13H11ClN2. The molecule has 2 aromatic rings. The zero-order chi connectivity index (χ0) is 11.4. The van der Waals surface area contributed by atoms with Gasteiger partial charge in [-0.15, -0.1) is 0 Å². The molecule has 0 unspecified atom stereocenters. The number of nitrogens with zero attached hydrogens (tertiary/aromatic N) is 1. The average molecular weight is 231 g/mol. The molecule has 0 amide bonds. The summed E-state index contributed by atoms with van der Waals surface area (Å²) in [5.74, 6) is 5.97. The van der Waals surface area contributed by atoms with Crippen LogP contribution in [0.4, 0.5) is 0 Å². The molecule has 80 valence electrons. The lowest BCUT2D eigenvalue weighted by Gasteiger charge is -1.99. The predicted octanol–water partition coefficient (Wildman–Crippen LogP) is 2.46. The molecule has 0 radical (unpaired) electrons. The number of benzene rings is 1. The van der Waals surface area contributed by atoms with Gasteiger partial charge < -0.3 is 5.32 Å². The van der Waals surface area contributed by atoms with E-state index in [4.69, 9.17) is 11.6 Å². The van der Waals surface area contributed by atoms with Gasteiger partial charge in [-0.25, -0.2) is 4.98 Å². The number of halogens is 1. The van der Waals surface area contributed by atoms with Gasteiger partial charge in [0.25, 0.3) is 0 Å².